The maximum Gasteiger partial charge on any atom is 0.322 e. The highest BCUT2D eigenvalue weighted by Gasteiger charge is 2.12. The molecule has 0 aliphatic heterocycles. The Balaban J connectivity index is 0. The molecule has 5 N–H and O–H groups in total. The van der Waals surface area contributed by atoms with E-state index in [2.05, 4.69) is 0 Å². The van der Waals surface area contributed by atoms with Gasteiger partial charge in [-0.15, -0.1) is 0 Å². The molecule has 0 heterocycles. The fraction of sp³-hybridized carbons (Fsp3) is 0.778. The van der Waals surface area contributed by atoms with Crippen molar-refractivity contribution in [1.82, 2.24) is 0 Å². The largest absolute Gasteiger partial charge is 0.465 e. The van der Waals surface area contributed by atoms with Crippen molar-refractivity contribution in [2.24, 2.45) is 11.5 Å². The van der Waals surface area contributed by atoms with Crippen LogP contribution in [0.15, 0.2) is 0 Å². The minimum atomic E-state index is -0.475. The standard InChI is InChI=1S/C8H18N2O2.CHNO/c1-2-12-8(11)7(10)5-3-4-6-9;2-1-3/h7H,2-6,9-10H2,1H3;2H/t7-;/m0./s1. The van der Waals surface area contributed by atoms with Crippen LogP contribution in [-0.2, 0) is 14.3 Å². The number of carbonyl (C=O) groups excluding carboxylic acids is 2. The summed E-state index contributed by atoms with van der Waals surface area (Å²) in [4.78, 5) is 19.3. The van der Waals surface area contributed by atoms with Crippen LogP contribution in [0.25, 0.3) is 0 Å². The quantitative estimate of drug-likeness (QED) is 0.248. The Morgan fingerprint density at radius 2 is 2.07 bits per heavy atom. The summed E-state index contributed by atoms with van der Waals surface area (Å²) in [5.74, 6) is -0.311. The van der Waals surface area contributed by atoms with Crippen molar-refractivity contribution in [3.63, 3.8) is 0 Å². The summed E-state index contributed by atoms with van der Waals surface area (Å²) in [6.45, 7) is 2.81. The molecule has 0 spiro atoms. The zero-order valence-corrected chi connectivity index (χ0v) is 8.99. The third kappa shape index (κ3) is 12.8. The fourth-order valence-electron chi connectivity index (χ4n) is 0.876. The molecule has 0 bridgehead atoms. The van der Waals surface area contributed by atoms with Gasteiger partial charge in [-0.25, -0.2) is 10.2 Å². The summed E-state index contributed by atoms with van der Waals surface area (Å²) in [5.41, 5.74) is 10.8. The number of unbranched alkanes of at least 4 members (excludes halogenated alkanes) is 1. The molecule has 0 aliphatic rings. The molecule has 15 heavy (non-hydrogen) atoms. The van der Waals surface area contributed by atoms with Crippen molar-refractivity contribution in [2.75, 3.05) is 13.2 Å². The molecule has 6 nitrogen and oxygen atoms in total. The molecule has 0 rings (SSSR count). The van der Waals surface area contributed by atoms with Gasteiger partial charge in [0.05, 0.1) is 6.61 Å². The van der Waals surface area contributed by atoms with Gasteiger partial charge in [-0.3, -0.25) is 4.79 Å². The molecule has 1 atom stereocenters. The van der Waals surface area contributed by atoms with Crippen molar-refractivity contribution >= 4 is 12.0 Å². The number of carbonyl (C=O) groups is 1. The van der Waals surface area contributed by atoms with E-state index in [4.69, 9.17) is 26.4 Å². The topological polar surface area (TPSA) is 119 Å². The van der Waals surface area contributed by atoms with Crippen LogP contribution in [0.4, 0.5) is 0 Å². The monoisotopic (exact) mass is 217 g/mol. The number of isocyanates is 1. The number of ether oxygens (including phenoxy) is 1. The first-order valence-electron chi connectivity index (χ1n) is 4.80. The Kier molecular flexibility index (Phi) is 13.8. The summed E-state index contributed by atoms with van der Waals surface area (Å²) in [6.07, 6.45) is 3.21. The Bertz CT molecular complexity index is 191. The molecule has 88 valence electrons. The third-order valence-corrected chi connectivity index (χ3v) is 1.56. The predicted molar refractivity (Wildman–Crippen MR) is 55.9 cm³/mol. The van der Waals surface area contributed by atoms with E-state index < -0.39 is 6.04 Å². The first kappa shape index (κ1) is 16.2. The van der Waals surface area contributed by atoms with Crippen LogP contribution < -0.4 is 11.5 Å². The number of nitrogens with one attached hydrogen (secondary N) is 1. The van der Waals surface area contributed by atoms with Crippen molar-refractivity contribution in [1.29, 1.82) is 5.41 Å². The van der Waals surface area contributed by atoms with Crippen molar-refractivity contribution in [2.45, 2.75) is 32.2 Å². The van der Waals surface area contributed by atoms with Gasteiger partial charge < -0.3 is 16.2 Å². The van der Waals surface area contributed by atoms with Gasteiger partial charge in [-0.05, 0) is 26.3 Å². The molecular weight excluding hydrogens is 198 g/mol. The van der Waals surface area contributed by atoms with Crippen LogP contribution in [0.3, 0.4) is 0 Å². The van der Waals surface area contributed by atoms with Gasteiger partial charge in [0.15, 0.2) is 0 Å². The zero-order chi connectivity index (χ0) is 12.1. The van der Waals surface area contributed by atoms with Gasteiger partial charge in [-0.1, -0.05) is 6.42 Å². The maximum absolute atomic E-state index is 11.0. The minimum Gasteiger partial charge on any atom is -0.465 e. The second-order valence-electron chi connectivity index (χ2n) is 2.75. The van der Waals surface area contributed by atoms with E-state index in [0.717, 1.165) is 18.9 Å². The van der Waals surface area contributed by atoms with Gasteiger partial charge in [-0.2, -0.15) is 0 Å². The van der Waals surface area contributed by atoms with Crippen LogP contribution >= 0.6 is 0 Å². The van der Waals surface area contributed by atoms with Crippen molar-refractivity contribution in [3.8, 4) is 0 Å². The summed E-state index contributed by atoms with van der Waals surface area (Å²) >= 11 is 0. The highest BCUT2D eigenvalue weighted by molar-refractivity contribution is 5.75. The van der Waals surface area contributed by atoms with E-state index in [1.807, 2.05) is 0 Å². The lowest BCUT2D eigenvalue weighted by Crippen LogP contribution is -2.32. The molecule has 0 aromatic carbocycles. The summed E-state index contributed by atoms with van der Waals surface area (Å²) < 4.78 is 4.74. The normalized spacial score (nSPS) is 10.6. The second-order valence-corrected chi connectivity index (χ2v) is 2.75. The van der Waals surface area contributed by atoms with E-state index in [0.29, 0.717) is 19.6 Å². The molecule has 0 radical (unpaired) electrons. The summed E-state index contributed by atoms with van der Waals surface area (Å²) in [6, 6.07) is -0.475. The van der Waals surface area contributed by atoms with Crippen LogP contribution in [0.5, 0.6) is 0 Å². The Hall–Kier alpha value is -1.23. The summed E-state index contributed by atoms with van der Waals surface area (Å²) in [5, 5.41) is 5.40. The maximum atomic E-state index is 11.0. The van der Waals surface area contributed by atoms with E-state index in [1.165, 1.54) is 0 Å². The molecule has 0 aromatic rings. The minimum absolute atomic E-state index is 0.311. The lowest BCUT2D eigenvalue weighted by Gasteiger charge is -2.09. The third-order valence-electron chi connectivity index (χ3n) is 1.56. The lowest BCUT2D eigenvalue weighted by molar-refractivity contribution is -0.144. The highest BCUT2D eigenvalue weighted by atomic mass is 16.5. The first-order valence-corrected chi connectivity index (χ1v) is 4.80. The van der Waals surface area contributed by atoms with Gasteiger partial charge in [0, 0.05) is 0 Å². The van der Waals surface area contributed by atoms with Crippen molar-refractivity contribution < 1.29 is 14.3 Å². The van der Waals surface area contributed by atoms with Crippen LogP contribution in [-0.4, -0.2) is 31.2 Å². The molecule has 0 aliphatic carbocycles. The number of hydrogen-bond acceptors (Lipinski definition) is 6. The second kappa shape index (κ2) is 12.8. The van der Waals surface area contributed by atoms with Crippen LogP contribution in [0.1, 0.15) is 26.2 Å². The Morgan fingerprint density at radius 1 is 1.53 bits per heavy atom. The highest BCUT2D eigenvalue weighted by Crippen LogP contribution is 1.99. The average Bonchev–Trinajstić information content (AvgIpc) is 2.19. The SMILES string of the molecule is CCOC(=O)[C@@H](N)CCCCN.N=C=O. The first-order chi connectivity index (χ1) is 7.13. The van der Waals surface area contributed by atoms with Gasteiger partial charge in [0.25, 0.3) is 0 Å². The molecule has 0 amide bonds. The molecular formula is C9H19N3O3. The number of hydrogen-bond donors (Lipinski definition) is 3. The summed E-state index contributed by atoms with van der Waals surface area (Å²) in [7, 11) is 0. The predicted octanol–water partition coefficient (Wildman–Crippen LogP) is -0.0932. The van der Waals surface area contributed by atoms with Crippen LogP contribution in [0.2, 0.25) is 0 Å². The van der Waals surface area contributed by atoms with E-state index in [-0.39, 0.29) is 5.97 Å². The fourth-order valence-corrected chi connectivity index (χ4v) is 0.876. The number of nitrogens with two attached hydrogens (primary N) is 2. The smallest absolute Gasteiger partial charge is 0.322 e. The van der Waals surface area contributed by atoms with E-state index >= 15 is 0 Å². The number of esters is 1. The Labute approximate surface area is 89.5 Å². The average molecular weight is 217 g/mol. The molecule has 0 saturated heterocycles. The number of rotatable bonds is 6. The molecule has 0 saturated carbocycles. The van der Waals surface area contributed by atoms with Gasteiger partial charge >= 0.3 is 5.97 Å². The molecule has 0 aromatic heterocycles. The Morgan fingerprint density at radius 3 is 2.47 bits per heavy atom. The zero-order valence-electron chi connectivity index (χ0n) is 8.99. The van der Waals surface area contributed by atoms with E-state index in [1.54, 1.807) is 6.92 Å². The molecule has 0 fully saturated rings. The lowest BCUT2D eigenvalue weighted by atomic mass is 10.1. The van der Waals surface area contributed by atoms with Crippen molar-refractivity contribution in [3.05, 3.63) is 0 Å². The molecule has 6 heteroatoms. The van der Waals surface area contributed by atoms with Gasteiger partial charge in [0.1, 0.15) is 6.04 Å². The molecule has 0 unspecified atom stereocenters. The van der Waals surface area contributed by atoms with Crippen LogP contribution in [0, 0.1) is 5.41 Å². The van der Waals surface area contributed by atoms with E-state index in [9.17, 15) is 4.79 Å². The van der Waals surface area contributed by atoms with Gasteiger partial charge in [0.2, 0.25) is 6.08 Å².